The van der Waals surface area contributed by atoms with E-state index in [-0.39, 0.29) is 35.5 Å². The number of carbonyl (C=O) groups is 3. The standard InChI is InChI=1S/C28H27N3O5/c32-25-16-20-8-11-26(33)29-24(20)17-23(25)28(35)19-6-9-22(10-7-19)36-18-27(34)31-14-12-30(13-15-31)21-4-2-1-3-5-21/h1-7,9-10,16-17,32H,8,11-15,18H2,(H,29,33). The number of ketones is 1. The largest absolute Gasteiger partial charge is 0.507 e. The molecule has 1 saturated heterocycles. The molecule has 0 aliphatic carbocycles. The van der Waals surface area contributed by atoms with Crippen molar-refractivity contribution in [2.24, 2.45) is 0 Å². The van der Waals surface area contributed by atoms with Gasteiger partial charge in [-0.1, -0.05) is 18.2 Å². The van der Waals surface area contributed by atoms with E-state index in [1.165, 1.54) is 12.1 Å². The summed E-state index contributed by atoms with van der Waals surface area (Å²) in [6.45, 7) is 2.73. The van der Waals surface area contributed by atoms with Crippen molar-refractivity contribution in [3.8, 4) is 11.5 Å². The highest BCUT2D eigenvalue weighted by atomic mass is 16.5. The van der Waals surface area contributed by atoms with E-state index in [9.17, 15) is 19.5 Å². The number of rotatable bonds is 6. The van der Waals surface area contributed by atoms with Crippen molar-refractivity contribution in [2.45, 2.75) is 12.8 Å². The molecule has 0 radical (unpaired) electrons. The van der Waals surface area contributed by atoms with Gasteiger partial charge in [0.2, 0.25) is 5.91 Å². The molecule has 3 aromatic carbocycles. The van der Waals surface area contributed by atoms with E-state index >= 15 is 0 Å². The van der Waals surface area contributed by atoms with Crippen molar-refractivity contribution >= 4 is 29.0 Å². The second-order valence-electron chi connectivity index (χ2n) is 8.92. The number of benzene rings is 3. The number of aryl methyl sites for hydroxylation is 1. The van der Waals surface area contributed by atoms with Gasteiger partial charge < -0.3 is 25.0 Å². The van der Waals surface area contributed by atoms with Gasteiger partial charge in [-0.3, -0.25) is 14.4 Å². The monoisotopic (exact) mass is 485 g/mol. The van der Waals surface area contributed by atoms with Gasteiger partial charge in [-0.2, -0.15) is 0 Å². The smallest absolute Gasteiger partial charge is 0.260 e. The molecule has 36 heavy (non-hydrogen) atoms. The number of fused-ring (bicyclic) bond motifs is 1. The number of phenolic OH excluding ortho intramolecular Hbond substituents is 1. The van der Waals surface area contributed by atoms with Gasteiger partial charge in [-0.05, 0) is 60.5 Å². The molecule has 8 heteroatoms. The van der Waals surface area contributed by atoms with Crippen LogP contribution < -0.4 is 15.0 Å². The molecule has 0 unspecified atom stereocenters. The molecule has 2 N–H and O–H groups in total. The minimum Gasteiger partial charge on any atom is -0.507 e. The van der Waals surface area contributed by atoms with Crippen molar-refractivity contribution in [1.29, 1.82) is 0 Å². The minimum atomic E-state index is -0.367. The lowest BCUT2D eigenvalue weighted by Crippen LogP contribution is -2.50. The fourth-order valence-electron chi connectivity index (χ4n) is 4.54. The highest BCUT2D eigenvalue weighted by molar-refractivity contribution is 6.12. The molecule has 5 rings (SSSR count). The van der Waals surface area contributed by atoms with E-state index in [0.717, 1.165) is 24.3 Å². The molecular formula is C28H27N3O5. The fourth-order valence-corrected chi connectivity index (χ4v) is 4.54. The maximum atomic E-state index is 13.0. The first-order chi connectivity index (χ1) is 17.5. The van der Waals surface area contributed by atoms with Crippen LogP contribution in [0.5, 0.6) is 11.5 Å². The number of phenols is 1. The molecule has 2 amide bonds. The summed E-state index contributed by atoms with van der Waals surface area (Å²) >= 11 is 0. The van der Waals surface area contributed by atoms with Gasteiger partial charge >= 0.3 is 0 Å². The van der Waals surface area contributed by atoms with Crippen LogP contribution in [0.3, 0.4) is 0 Å². The highest BCUT2D eigenvalue weighted by Crippen LogP contribution is 2.31. The van der Waals surface area contributed by atoms with Crippen LogP contribution in [0.4, 0.5) is 11.4 Å². The maximum absolute atomic E-state index is 13.0. The summed E-state index contributed by atoms with van der Waals surface area (Å²) in [7, 11) is 0. The molecule has 8 nitrogen and oxygen atoms in total. The normalized spacial score (nSPS) is 15.2. The van der Waals surface area contributed by atoms with Crippen LogP contribution in [0.15, 0.2) is 66.7 Å². The summed E-state index contributed by atoms with van der Waals surface area (Å²) in [6.07, 6.45) is 0.879. The fraction of sp³-hybridized carbons (Fsp3) is 0.250. The van der Waals surface area contributed by atoms with Crippen LogP contribution >= 0.6 is 0 Å². The molecule has 0 saturated carbocycles. The van der Waals surface area contributed by atoms with Crippen molar-refractivity contribution in [3.63, 3.8) is 0 Å². The topological polar surface area (TPSA) is 99.2 Å². The van der Waals surface area contributed by atoms with Crippen molar-refractivity contribution in [2.75, 3.05) is 43.0 Å². The summed E-state index contributed by atoms with van der Waals surface area (Å²) in [5, 5.41) is 13.1. The first kappa shape index (κ1) is 23.4. The predicted octanol–water partition coefficient (Wildman–Crippen LogP) is 3.24. The molecule has 3 aromatic rings. The van der Waals surface area contributed by atoms with Gasteiger partial charge in [0.25, 0.3) is 5.91 Å². The number of anilines is 2. The Kier molecular flexibility index (Phi) is 6.58. The Hall–Kier alpha value is -4.33. The lowest BCUT2D eigenvalue weighted by atomic mass is 9.96. The number of ether oxygens (including phenoxy) is 1. The number of nitrogens with one attached hydrogen (secondary N) is 1. The third kappa shape index (κ3) is 5.02. The number of piperazine rings is 1. The molecule has 0 atom stereocenters. The molecule has 2 aliphatic rings. The first-order valence-corrected chi connectivity index (χ1v) is 12.0. The van der Waals surface area contributed by atoms with Crippen molar-refractivity contribution in [3.05, 3.63) is 83.4 Å². The number of carbonyl (C=O) groups excluding carboxylic acids is 3. The Balaban J connectivity index is 1.16. The summed E-state index contributed by atoms with van der Waals surface area (Å²) in [5.41, 5.74) is 3.00. The quantitative estimate of drug-likeness (QED) is 0.411. The summed E-state index contributed by atoms with van der Waals surface area (Å²) in [4.78, 5) is 41.3. The average molecular weight is 486 g/mol. The van der Waals surface area contributed by atoms with Crippen LogP contribution in [0.2, 0.25) is 0 Å². The average Bonchev–Trinajstić information content (AvgIpc) is 2.92. The van der Waals surface area contributed by atoms with E-state index in [0.29, 0.717) is 42.9 Å². The Bertz CT molecular complexity index is 1280. The molecule has 0 bridgehead atoms. The zero-order chi connectivity index (χ0) is 25.1. The van der Waals surface area contributed by atoms with Gasteiger partial charge in [0.15, 0.2) is 12.4 Å². The van der Waals surface area contributed by atoms with E-state index in [1.54, 1.807) is 29.2 Å². The first-order valence-electron chi connectivity index (χ1n) is 12.0. The van der Waals surface area contributed by atoms with Gasteiger partial charge in [-0.25, -0.2) is 0 Å². The zero-order valence-electron chi connectivity index (χ0n) is 19.8. The van der Waals surface area contributed by atoms with Gasteiger partial charge in [0, 0.05) is 49.5 Å². The Morgan fingerprint density at radius 1 is 0.917 bits per heavy atom. The summed E-state index contributed by atoms with van der Waals surface area (Å²) in [6, 6.07) is 19.6. The number of para-hydroxylation sites is 1. The Morgan fingerprint density at radius 3 is 2.36 bits per heavy atom. The molecule has 1 fully saturated rings. The highest BCUT2D eigenvalue weighted by Gasteiger charge is 2.23. The summed E-state index contributed by atoms with van der Waals surface area (Å²) in [5.74, 6) is -0.198. The van der Waals surface area contributed by atoms with E-state index in [1.807, 2.05) is 18.2 Å². The number of hydrogen-bond acceptors (Lipinski definition) is 6. The molecule has 2 heterocycles. The van der Waals surface area contributed by atoms with E-state index < -0.39 is 0 Å². The van der Waals surface area contributed by atoms with E-state index in [2.05, 4.69) is 22.3 Å². The molecule has 184 valence electrons. The van der Waals surface area contributed by atoms with Crippen molar-refractivity contribution in [1.82, 2.24) is 4.90 Å². The van der Waals surface area contributed by atoms with Crippen molar-refractivity contribution < 1.29 is 24.2 Å². The zero-order valence-corrected chi connectivity index (χ0v) is 19.8. The number of nitrogens with zero attached hydrogens (tertiary/aromatic N) is 2. The second-order valence-corrected chi connectivity index (χ2v) is 8.92. The predicted molar refractivity (Wildman–Crippen MR) is 136 cm³/mol. The van der Waals surface area contributed by atoms with Gasteiger partial charge in [0.05, 0.1) is 5.56 Å². The Morgan fingerprint density at radius 2 is 1.64 bits per heavy atom. The molecular weight excluding hydrogens is 458 g/mol. The van der Waals surface area contributed by atoms with Crippen LogP contribution in [0.25, 0.3) is 0 Å². The third-order valence-electron chi connectivity index (χ3n) is 6.59. The number of amides is 2. The number of hydrogen-bond donors (Lipinski definition) is 2. The summed E-state index contributed by atoms with van der Waals surface area (Å²) < 4.78 is 5.67. The SMILES string of the molecule is O=C1CCc2cc(O)c(C(=O)c3ccc(OCC(=O)N4CCN(c5ccccc5)CC4)cc3)cc2N1. The van der Waals surface area contributed by atoms with E-state index in [4.69, 9.17) is 4.74 Å². The Labute approximate surface area is 209 Å². The second kappa shape index (κ2) is 10.1. The minimum absolute atomic E-state index is 0.0794. The molecule has 0 spiro atoms. The molecule has 2 aliphatic heterocycles. The van der Waals surface area contributed by atoms with Gasteiger partial charge in [0.1, 0.15) is 11.5 Å². The van der Waals surface area contributed by atoms with Gasteiger partial charge in [-0.15, -0.1) is 0 Å². The molecule has 0 aromatic heterocycles. The lowest BCUT2D eigenvalue weighted by molar-refractivity contribution is -0.133. The third-order valence-corrected chi connectivity index (χ3v) is 6.59. The van der Waals surface area contributed by atoms with Crippen LogP contribution in [-0.2, 0) is 16.0 Å². The van der Waals surface area contributed by atoms with Crippen LogP contribution in [-0.4, -0.2) is 60.4 Å². The maximum Gasteiger partial charge on any atom is 0.260 e. The lowest BCUT2D eigenvalue weighted by Gasteiger charge is -2.36. The van der Waals surface area contributed by atoms with Crippen LogP contribution in [0, 0.1) is 0 Å². The number of aromatic hydroxyl groups is 1. The van der Waals surface area contributed by atoms with Crippen LogP contribution in [0.1, 0.15) is 27.9 Å².